The van der Waals surface area contributed by atoms with Crippen molar-refractivity contribution in [2.24, 2.45) is 0 Å². The van der Waals surface area contributed by atoms with E-state index >= 15 is 0 Å². The number of ether oxygens (including phenoxy) is 3. The molecule has 2 aromatic rings. The summed E-state index contributed by atoms with van der Waals surface area (Å²) >= 11 is 0. The highest BCUT2D eigenvalue weighted by Crippen LogP contribution is 2.44. The Morgan fingerprint density at radius 2 is 1.63 bits per heavy atom. The molecule has 35 heavy (non-hydrogen) atoms. The van der Waals surface area contributed by atoms with E-state index in [1.165, 1.54) is 12.0 Å². The van der Waals surface area contributed by atoms with Gasteiger partial charge in [0.1, 0.15) is 23.0 Å². The van der Waals surface area contributed by atoms with E-state index in [-0.39, 0.29) is 11.3 Å². The van der Waals surface area contributed by atoms with Crippen LogP contribution in [-0.2, 0) is 9.59 Å². The molecule has 0 spiro atoms. The van der Waals surface area contributed by atoms with Crippen molar-refractivity contribution in [1.82, 2.24) is 9.80 Å². The molecule has 188 valence electrons. The lowest BCUT2D eigenvalue weighted by Crippen LogP contribution is -2.38. The minimum Gasteiger partial charge on any atom is -0.507 e. The molecule has 0 radical (unpaired) electrons. The molecule has 0 saturated carbocycles. The molecule has 0 aliphatic carbocycles. The van der Waals surface area contributed by atoms with E-state index in [9.17, 15) is 14.7 Å². The lowest BCUT2D eigenvalue weighted by Gasteiger charge is -2.29. The van der Waals surface area contributed by atoms with E-state index < -0.39 is 17.7 Å². The van der Waals surface area contributed by atoms with Gasteiger partial charge in [-0.3, -0.25) is 9.59 Å². The van der Waals surface area contributed by atoms with Crippen molar-refractivity contribution in [3.8, 4) is 17.2 Å². The van der Waals surface area contributed by atoms with Crippen LogP contribution in [0, 0.1) is 6.92 Å². The zero-order valence-electron chi connectivity index (χ0n) is 21.3. The highest BCUT2D eigenvalue weighted by molar-refractivity contribution is 6.46. The number of ketones is 1. The van der Waals surface area contributed by atoms with Crippen molar-refractivity contribution >= 4 is 17.4 Å². The van der Waals surface area contributed by atoms with Gasteiger partial charge < -0.3 is 29.1 Å². The van der Waals surface area contributed by atoms with Gasteiger partial charge in [-0.25, -0.2) is 0 Å². The van der Waals surface area contributed by atoms with E-state index in [1.807, 2.05) is 20.8 Å². The Kier molecular flexibility index (Phi) is 8.40. The van der Waals surface area contributed by atoms with E-state index in [1.54, 1.807) is 50.6 Å². The second kappa shape index (κ2) is 11.3. The fourth-order valence-corrected chi connectivity index (χ4v) is 4.46. The van der Waals surface area contributed by atoms with Gasteiger partial charge in [-0.1, -0.05) is 13.8 Å². The third-order valence-corrected chi connectivity index (χ3v) is 6.49. The summed E-state index contributed by atoms with van der Waals surface area (Å²) in [7, 11) is 4.64. The van der Waals surface area contributed by atoms with Crippen LogP contribution >= 0.6 is 0 Å². The molecule has 0 aromatic heterocycles. The Bertz CT molecular complexity index is 1120. The quantitative estimate of drug-likeness (QED) is 0.313. The van der Waals surface area contributed by atoms with Gasteiger partial charge in [0.15, 0.2) is 0 Å². The van der Waals surface area contributed by atoms with Crippen LogP contribution in [0.25, 0.3) is 5.76 Å². The van der Waals surface area contributed by atoms with Gasteiger partial charge >= 0.3 is 0 Å². The number of benzene rings is 2. The lowest BCUT2D eigenvalue weighted by atomic mass is 9.94. The summed E-state index contributed by atoms with van der Waals surface area (Å²) in [6.45, 7) is 8.48. The molecule has 1 heterocycles. The van der Waals surface area contributed by atoms with Crippen LogP contribution in [-0.4, -0.2) is 74.1 Å². The highest BCUT2D eigenvalue weighted by atomic mass is 16.5. The number of likely N-dealkylation sites (N-methyl/N-ethyl adjacent to an activating group) is 1. The smallest absolute Gasteiger partial charge is 0.295 e. The van der Waals surface area contributed by atoms with Crippen LogP contribution in [0.3, 0.4) is 0 Å². The van der Waals surface area contributed by atoms with Crippen LogP contribution in [0.5, 0.6) is 17.2 Å². The predicted molar refractivity (Wildman–Crippen MR) is 134 cm³/mol. The lowest BCUT2D eigenvalue weighted by molar-refractivity contribution is -0.140. The van der Waals surface area contributed by atoms with E-state index in [0.717, 1.165) is 18.7 Å². The van der Waals surface area contributed by atoms with Crippen LogP contribution in [0.15, 0.2) is 42.0 Å². The van der Waals surface area contributed by atoms with Crippen molar-refractivity contribution in [3.05, 3.63) is 58.7 Å². The van der Waals surface area contributed by atoms with Crippen LogP contribution < -0.4 is 14.2 Å². The van der Waals surface area contributed by atoms with Crippen molar-refractivity contribution < 1.29 is 28.9 Å². The maximum absolute atomic E-state index is 13.3. The summed E-state index contributed by atoms with van der Waals surface area (Å²) in [5, 5.41) is 11.4. The molecule has 0 unspecified atom stereocenters. The largest absolute Gasteiger partial charge is 0.507 e. The molecule has 1 aliphatic rings. The monoisotopic (exact) mass is 482 g/mol. The van der Waals surface area contributed by atoms with E-state index in [2.05, 4.69) is 4.90 Å². The summed E-state index contributed by atoms with van der Waals surface area (Å²) in [4.78, 5) is 30.3. The molecule has 8 heteroatoms. The van der Waals surface area contributed by atoms with Crippen molar-refractivity contribution in [1.29, 1.82) is 0 Å². The molecule has 1 atom stereocenters. The first-order valence-corrected chi connectivity index (χ1v) is 11.7. The first kappa shape index (κ1) is 26.1. The number of Topliss-reactive ketones (excluding diaryl/α,β-unsaturated/α-hetero) is 1. The molecular weight excluding hydrogens is 448 g/mol. The average molecular weight is 483 g/mol. The first-order chi connectivity index (χ1) is 16.8. The van der Waals surface area contributed by atoms with Crippen LogP contribution in [0.1, 0.15) is 36.6 Å². The van der Waals surface area contributed by atoms with Crippen LogP contribution in [0.4, 0.5) is 0 Å². The molecule has 1 aliphatic heterocycles. The van der Waals surface area contributed by atoms with Gasteiger partial charge in [0.2, 0.25) is 0 Å². The van der Waals surface area contributed by atoms with E-state index in [4.69, 9.17) is 14.2 Å². The molecule has 8 nitrogen and oxygen atoms in total. The van der Waals surface area contributed by atoms with Crippen molar-refractivity contribution in [3.63, 3.8) is 0 Å². The number of hydrogen-bond acceptors (Lipinski definition) is 7. The Labute approximate surface area is 206 Å². The minimum atomic E-state index is -0.835. The number of carbonyl (C=O) groups is 2. The maximum atomic E-state index is 13.3. The molecule has 1 saturated heterocycles. The van der Waals surface area contributed by atoms with Gasteiger partial charge in [-0.05, 0) is 62.0 Å². The SMILES string of the molecule is CCN(CC)CCN1C(=O)C(=O)C(=C(O)c2ccc(OC)c(C)c2)[C@H]1c1cc(OC)ccc1OC. The number of hydrogen-bond donors (Lipinski definition) is 1. The molecule has 1 amide bonds. The zero-order valence-corrected chi connectivity index (χ0v) is 21.3. The fraction of sp³-hybridized carbons (Fsp3) is 0.407. The summed E-state index contributed by atoms with van der Waals surface area (Å²) in [6.07, 6.45) is 0. The number of aliphatic hydroxyl groups excluding tert-OH is 1. The summed E-state index contributed by atoms with van der Waals surface area (Å²) in [6, 6.07) is 9.52. The highest BCUT2D eigenvalue weighted by Gasteiger charge is 2.47. The second-order valence-electron chi connectivity index (χ2n) is 8.31. The standard InChI is InChI=1S/C27H34N2O6/c1-7-28(8-2)13-14-29-24(20-16-19(33-4)10-12-22(20)35-6)23(26(31)27(29)32)25(30)18-9-11-21(34-5)17(3)15-18/h9-12,15-16,24,30H,7-8,13-14H2,1-6H3/t24-/m1/s1. The third kappa shape index (κ3) is 5.12. The Balaban J connectivity index is 2.21. The van der Waals surface area contributed by atoms with Gasteiger partial charge in [-0.15, -0.1) is 0 Å². The second-order valence-corrected chi connectivity index (χ2v) is 8.31. The molecule has 1 N–H and O–H groups in total. The average Bonchev–Trinajstić information content (AvgIpc) is 3.13. The van der Waals surface area contributed by atoms with Gasteiger partial charge in [-0.2, -0.15) is 0 Å². The van der Waals surface area contributed by atoms with E-state index in [0.29, 0.717) is 41.5 Å². The molecular formula is C27H34N2O6. The van der Waals surface area contributed by atoms with Crippen molar-refractivity contribution in [2.45, 2.75) is 26.8 Å². The minimum absolute atomic E-state index is 0.0191. The maximum Gasteiger partial charge on any atom is 0.295 e. The summed E-state index contributed by atoms with van der Waals surface area (Å²) in [5.74, 6) is 0.0727. The number of likely N-dealkylation sites (tertiary alicyclic amines) is 1. The summed E-state index contributed by atoms with van der Waals surface area (Å²) in [5.41, 5.74) is 1.81. The van der Waals surface area contributed by atoms with Crippen molar-refractivity contribution in [2.75, 3.05) is 47.5 Å². The normalized spacial score (nSPS) is 17.2. The Morgan fingerprint density at radius 1 is 0.971 bits per heavy atom. The molecule has 2 aromatic carbocycles. The number of methoxy groups -OCH3 is 3. The number of aliphatic hydroxyl groups is 1. The number of rotatable bonds is 10. The van der Waals surface area contributed by atoms with Gasteiger partial charge in [0, 0.05) is 24.2 Å². The number of aryl methyl sites for hydroxylation is 1. The number of amides is 1. The molecule has 0 bridgehead atoms. The third-order valence-electron chi connectivity index (χ3n) is 6.49. The topological polar surface area (TPSA) is 88.5 Å². The number of nitrogens with zero attached hydrogens (tertiary/aromatic N) is 2. The van der Waals surface area contributed by atoms with Crippen LogP contribution in [0.2, 0.25) is 0 Å². The first-order valence-electron chi connectivity index (χ1n) is 11.7. The van der Waals surface area contributed by atoms with Gasteiger partial charge in [0.25, 0.3) is 11.7 Å². The Morgan fingerprint density at radius 3 is 2.20 bits per heavy atom. The fourth-order valence-electron chi connectivity index (χ4n) is 4.46. The molecule has 3 rings (SSSR count). The summed E-state index contributed by atoms with van der Waals surface area (Å²) < 4.78 is 16.3. The van der Waals surface area contributed by atoms with Gasteiger partial charge in [0.05, 0.1) is 32.9 Å². The zero-order chi connectivity index (χ0) is 25.7. The molecule has 1 fully saturated rings. The Hall–Kier alpha value is -3.52. The number of carbonyl (C=O) groups excluding carboxylic acids is 2. The predicted octanol–water partition coefficient (Wildman–Crippen LogP) is 3.78.